The largest absolute Gasteiger partial charge is 0.498 e. The molecule has 1 heteroatoms. The van der Waals surface area contributed by atoms with Crippen LogP contribution in [-0.4, -0.2) is 6.61 Å². The normalized spacial score (nSPS) is 10.9. The Morgan fingerprint density at radius 3 is 2.42 bits per heavy atom. The summed E-state index contributed by atoms with van der Waals surface area (Å²) in [7, 11) is 0. The van der Waals surface area contributed by atoms with Crippen LogP contribution in [0.3, 0.4) is 0 Å². The molecule has 0 atom stereocenters. The maximum absolute atomic E-state index is 5.47. The molecule has 0 fully saturated rings. The Kier molecular flexibility index (Phi) is 4.72. The minimum Gasteiger partial charge on any atom is -0.498 e. The molecule has 0 aromatic carbocycles. The molecule has 70 valence electrons. The van der Waals surface area contributed by atoms with Gasteiger partial charge < -0.3 is 4.74 Å². The molecule has 0 N–H and O–H groups in total. The van der Waals surface area contributed by atoms with Crippen LogP contribution in [0.25, 0.3) is 0 Å². The molecule has 0 spiro atoms. The van der Waals surface area contributed by atoms with Gasteiger partial charge in [0.05, 0.1) is 12.4 Å². The van der Waals surface area contributed by atoms with Gasteiger partial charge in [0.1, 0.15) is 0 Å². The quantitative estimate of drug-likeness (QED) is 0.451. The second kappa shape index (κ2) is 5.02. The second-order valence-corrected chi connectivity index (χ2v) is 4.22. The van der Waals surface area contributed by atoms with Gasteiger partial charge in [-0.15, -0.1) is 6.58 Å². The first-order valence-electron chi connectivity index (χ1n) is 4.37. The monoisotopic (exact) mass is 168 g/mol. The molecule has 0 saturated carbocycles. The molecule has 0 radical (unpaired) electrons. The molecule has 0 aromatic rings. The maximum Gasteiger partial charge on any atom is 0.0925 e. The molecule has 0 amide bonds. The van der Waals surface area contributed by atoms with E-state index >= 15 is 0 Å². The average Bonchev–Trinajstić information content (AvgIpc) is 1.95. The standard InChI is InChI=1S/C11H20O/c1-6-7-8-10(2)12-9-11(3,4)5/h6H,1-2,7-9H2,3-5H3. The highest BCUT2D eigenvalue weighted by Gasteiger charge is 2.10. The van der Waals surface area contributed by atoms with Crippen LogP contribution in [0.4, 0.5) is 0 Å². The first-order valence-corrected chi connectivity index (χ1v) is 4.37. The SMILES string of the molecule is C=CCCC(=C)OCC(C)(C)C. The smallest absolute Gasteiger partial charge is 0.0925 e. The van der Waals surface area contributed by atoms with E-state index in [1.807, 2.05) is 6.08 Å². The highest BCUT2D eigenvalue weighted by atomic mass is 16.5. The minimum atomic E-state index is 0.219. The van der Waals surface area contributed by atoms with E-state index in [0.29, 0.717) is 0 Å². The van der Waals surface area contributed by atoms with E-state index < -0.39 is 0 Å². The van der Waals surface area contributed by atoms with Crippen LogP contribution in [0.15, 0.2) is 25.0 Å². The van der Waals surface area contributed by atoms with Crippen molar-refractivity contribution in [1.82, 2.24) is 0 Å². The van der Waals surface area contributed by atoms with Crippen LogP contribution >= 0.6 is 0 Å². The number of ether oxygens (including phenoxy) is 1. The Labute approximate surface area is 76.1 Å². The zero-order chi connectivity index (χ0) is 9.61. The van der Waals surface area contributed by atoms with Gasteiger partial charge in [0, 0.05) is 6.42 Å². The van der Waals surface area contributed by atoms with Crippen molar-refractivity contribution in [3.8, 4) is 0 Å². The molecule has 0 unspecified atom stereocenters. The molecule has 0 aliphatic rings. The van der Waals surface area contributed by atoms with E-state index in [9.17, 15) is 0 Å². The van der Waals surface area contributed by atoms with E-state index in [0.717, 1.165) is 25.2 Å². The van der Waals surface area contributed by atoms with Crippen molar-refractivity contribution >= 4 is 0 Å². The Morgan fingerprint density at radius 1 is 1.42 bits per heavy atom. The predicted octanol–water partition coefficient (Wildman–Crippen LogP) is 3.53. The van der Waals surface area contributed by atoms with Crippen LogP contribution in [0.1, 0.15) is 33.6 Å². The first kappa shape index (κ1) is 11.3. The summed E-state index contributed by atoms with van der Waals surface area (Å²) in [4.78, 5) is 0. The Balaban J connectivity index is 3.51. The summed E-state index contributed by atoms with van der Waals surface area (Å²) in [6, 6.07) is 0. The van der Waals surface area contributed by atoms with Crippen molar-refractivity contribution in [2.24, 2.45) is 5.41 Å². The van der Waals surface area contributed by atoms with Gasteiger partial charge in [0.15, 0.2) is 0 Å². The number of hydrogen-bond donors (Lipinski definition) is 0. The maximum atomic E-state index is 5.47. The molecule has 12 heavy (non-hydrogen) atoms. The van der Waals surface area contributed by atoms with E-state index in [4.69, 9.17) is 4.74 Å². The van der Waals surface area contributed by atoms with Crippen LogP contribution < -0.4 is 0 Å². The number of rotatable bonds is 5. The third-order valence-electron chi connectivity index (χ3n) is 1.34. The van der Waals surface area contributed by atoms with Crippen LogP contribution in [-0.2, 0) is 4.74 Å². The van der Waals surface area contributed by atoms with Crippen LogP contribution in [0.2, 0.25) is 0 Å². The van der Waals surface area contributed by atoms with Crippen LogP contribution in [0.5, 0.6) is 0 Å². The van der Waals surface area contributed by atoms with Gasteiger partial charge in [-0.05, 0) is 11.8 Å². The first-order chi connectivity index (χ1) is 5.45. The lowest BCUT2D eigenvalue weighted by atomic mass is 9.99. The molecular formula is C11H20O. The van der Waals surface area contributed by atoms with Crippen molar-refractivity contribution < 1.29 is 4.74 Å². The van der Waals surface area contributed by atoms with Gasteiger partial charge in [0.2, 0.25) is 0 Å². The summed E-state index contributed by atoms with van der Waals surface area (Å²) in [5.74, 6) is 0.866. The molecular weight excluding hydrogens is 148 g/mol. The second-order valence-electron chi connectivity index (χ2n) is 4.22. The Hall–Kier alpha value is -0.720. The van der Waals surface area contributed by atoms with E-state index in [1.165, 1.54) is 0 Å². The zero-order valence-electron chi connectivity index (χ0n) is 8.52. The molecule has 0 aliphatic heterocycles. The van der Waals surface area contributed by atoms with Gasteiger partial charge in [-0.25, -0.2) is 0 Å². The summed E-state index contributed by atoms with van der Waals surface area (Å²) in [6.45, 7) is 14.6. The third kappa shape index (κ3) is 7.39. The third-order valence-corrected chi connectivity index (χ3v) is 1.34. The minimum absolute atomic E-state index is 0.219. The highest BCUT2D eigenvalue weighted by Crippen LogP contribution is 2.16. The molecule has 0 aliphatic carbocycles. The highest BCUT2D eigenvalue weighted by molar-refractivity contribution is 4.86. The van der Waals surface area contributed by atoms with Gasteiger partial charge >= 0.3 is 0 Å². The molecule has 0 saturated heterocycles. The number of allylic oxidation sites excluding steroid dienone is 2. The topological polar surface area (TPSA) is 9.23 Å². The zero-order valence-corrected chi connectivity index (χ0v) is 8.52. The van der Waals surface area contributed by atoms with Crippen molar-refractivity contribution in [3.05, 3.63) is 25.0 Å². The van der Waals surface area contributed by atoms with E-state index in [2.05, 4.69) is 33.9 Å². The lowest BCUT2D eigenvalue weighted by Crippen LogP contribution is -2.14. The van der Waals surface area contributed by atoms with E-state index in [1.54, 1.807) is 0 Å². The summed E-state index contributed by atoms with van der Waals surface area (Å²) >= 11 is 0. The van der Waals surface area contributed by atoms with Crippen molar-refractivity contribution in [3.63, 3.8) is 0 Å². The fourth-order valence-electron chi connectivity index (χ4n) is 0.654. The Morgan fingerprint density at radius 2 is 2.00 bits per heavy atom. The van der Waals surface area contributed by atoms with Gasteiger partial charge in [-0.2, -0.15) is 0 Å². The molecule has 0 rings (SSSR count). The van der Waals surface area contributed by atoms with Gasteiger partial charge in [-0.3, -0.25) is 0 Å². The number of hydrogen-bond acceptors (Lipinski definition) is 1. The van der Waals surface area contributed by atoms with Crippen molar-refractivity contribution in [1.29, 1.82) is 0 Å². The van der Waals surface area contributed by atoms with E-state index in [-0.39, 0.29) is 5.41 Å². The van der Waals surface area contributed by atoms with Crippen molar-refractivity contribution in [2.45, 2.75) is 33.6 Å². The fourth-order valence-corrected chi connectivity index (χ4v) is 0.654. The lowest BCUT2D eigenvalue weighted by Gasteiger charge is -2.19. The molecule has 0 heterocycles. The summed E-state index contributed by atoms with van der Waals surface area (Å²) in [6.07, 6.45) is 3.72. The summed E-state index contributed by atoms with van der Waals surface area (Å²) < 4.78 is 5.47. The Bertz CT molecular complexity index is 151. The van der Waals surface area contributed by atoms with Crippen molar-refractivity contribution in [2.75, 3.05) is 6.61 Å². The lowest BCUT2D eigenvalue weighted by molar-refractivity contribution is 0.123. The molecule has 0 bridgehead atoms. The summed E-state index contributed by atoms with van der Waals surface area (Å²) in [5.41, 5.74) is 0.219. The molecule has 0 aromatic heterocycles. The van der Waals surface area contributed by atoms with Gasteiger partial charge in [-0.1, -0.05) is 33.4 Å². The predicted molar refractivity (Wildman–Crippen MR) is 54.0 cm³/mol. The molecule has 1 nitrogen and oxygen atoms in total. The summed E-state index contributed by atoms with van der Waals surface area (Å²) in [5, 5.41) is 0. The average molecular weight is 168 g/mol. The van der Waals surface area contributed by atoms with Gasteiger partial charge in [0.25, 0.3) is 0 Å². The fraction of sp³-hybridized carbons (Fsp3) is 0.636. The van der Waals surface area contributed by atoms with Crippen LogP contribution in [0, 0.1) is 5.41 Å².